The van der Waals surface area contributed by atoms with Crippen molar-refractivity contribution in [3.8, 4) is 5.75 Å². The molecule has 0 spiro atoms. The van der Waals surface area contributed by atoms with Crippen molar-refractivity contribution < 1.29 is 4.74 Å². The number of piperazine rings is 1. The highest BCUT2D eigenvalue weighted by Crippen LogP contribution is 2.29. The van der Waals surface area contributed by atoms with Crippen molar-refractivity contribution in [1.82, 2.24) is 35.0 Å². The Morgan fingerprint density at radius 1 is 1.06 bits per heavy atom. The maximum Gasteiger partial charge on any atom is 0.253 e. The molecule has 5 rings (SSSR count). The van der Waals surface area contributed by atoms with Crippen LogP contribution in [0.4, 0.5) is 0 Å². The van der Waals surface area contributed by atoms with Crippen LogP contribution in [0.5, 0.6) is 5.75 Å². The van der Waals surface area contributed by atoms with E-state index in [2.05, 4.69) is 49.4 Å². The SMILES string of the molecule is CCN1CCN([C@H](c2cc3ccc(OC)cc3[nH]c2=O)c2nnnn2Cc2ccccc2)CC1. The maximum atomic E-state index is 13.4. The number of hydrogen-bond acceptors (Lipinski definition) is 7. The van der Waals surface area contributed by atoms with Crippen molar-refractivity contribution in [2.75, 3.05) is 39.8 Å². The molecule has 1 N–H and O–H groups in total. The lowest BCUT2D eigenvalue weighted by atomic mass is 10.0. The lowest BCUT2D eigenvalue weighted by molar-refractivity contribution is 0.108. The summed E-state index contributed by atoms with van der Waals surface area (Å²) in [6, 6.07) is 17.4. The largest absolute Gasteiger partial charge is 0.497 e. The predicted molar refractivity (Wildman–Crippen MR) is 130 cm³/mol. The highest BCUT2D eigenvalue weighted by atomic mass is 16.5. The second kappa shape index (κ2) is 9.74. The van der Waals surface area contributed by atoms with Gasteiger partial charge in [0.25, 0.3) is 5.56 Å². The van der Waals surface area contributed by atoms with E-state index in [1.165, 1.54) is 0 Å². The fourth-order valence-electron chi connectivity index (χ4n) is 4.64. The maximum absolute atomic E-state index is 13.4. The fraction of sp³-hybridized carbons (Fsp3) is 0.360. The lowest BCUT2D eigenvalue weighted by Gasteiger charge is -2.38. The summed E-state index contributed by atoms with van der Waals surface area (Å²) < 4.78 is 7.13. The van der Waals surface area contributed by atoms with Crippen LogP contribution in [0.15, 0.2) is 59.4 Å². The van der Waals surface area contributed by atoms with Crippen LogP contribution < -0.4 is 10.3 Å². The zero-order valence-corrected chi connectivity index (χ0v) is 19.5. The molecule has 0 radical (unpaired) electrons. The first kappa shape index (κ1) is 22.2. The first-order valence-electron chi connectivity index (χ1n) is 11.6. The molecule has 0 unspecified atom stereocenters. The van der Waals surface area contributed by atoms with E-state index in [9.17, 15) is 4.79 Å². The van der Waals surface area contributed by atoms with Crippen molar-refractivity contribution in [1.29, 1.82) is 0 Å². The number of tetrazole rings is 1. The molecule has 1 fully saturated rings. The topological polar surface area (TPSA) is 92.2 Å². The minimum absolute atomic E-state index is 0.141. The molecule has 0 aliphatic carbocycles. The van der Waals surface area contributed by atoms with Crippen LogP contribution in [0, 0.1) is 0 Å². The fourth-order valence-corrected chi connectivity index (χ4v) is 4.64. The van der Waals surface area contributed by atoms with Gasteiger partial charge in [0.15, 0.2) is 5.82 Å². The quantitative estimate of drug-likeness (QED) is 0.453. The summed E-state index contributed by atoms with van der Waals surface area (Å²) in [7, 11) is 1.62. The molecule has 0 saturated carbocycles. The molecule has 2 aromatic carbocycles. The van der Waals surface area contributed by atoms with E-state index < -0.39 is 0 Å². The normalized spacial score (nSPS) is 16.1. The molecule has 1 saturated heterocycles. The number of rotatable bonds is 7. The van der Waals surface area contributed by atoms with Gasteiger partial charge >= 0.3 is 0 Å². The average Bonchev–Trinajstić information content (AvgIpc) is 3.32. The van der Waals surface area contributed by atoms with E-state index in [0.29, 0.717) is 23.7 Å². The molecule has 1 atom stereocenters. The first-order chi connectivity index (χ1) is 16.7. The Kier molecular flexibility index (Phi) is 6.37. The van der Waals surface area contributed by atoms with Gasteiger partial charge in [0.05, 0.1) is 19.2 Å². The van der Waals surface area contributed by atoms with Crippen molar-refractivity contribution in [2.45, 2.75) is 19.5 Å². The summed E-state index contributed by atoms with van der Waals surface area (Å²) in [4.78, 5) is 21.2. The van der Waals surface area contributed by atoms with Crippen LogP contribution in [-0.2, 0) is 6.54 Å². The van der Waals surface area contributed by atoms with Crippen molar-refractivity contribution in [3.05, 3.63) is 81.9 Å². The number of fused-ring (bicyclic) bond motifs is 1. The number of hydrogen-bond donors (Lipinski definition) is 1. The van der Waals surface area contributed by atoms with Gasteiger partial charge in [-0.25, -0.2) is 4.68 Å². The first-order valence-corrected chi connectivity index (χ1v) is 11.6. The van der Waals surface area contributed by atoms with Gasteiger partial charge in [0.1, 0.15) is 11.8 Å². The van der Waals surface area contributed by atoms with Gasteiger partial charge in [-0.1, -0.05) is 37.3 Å². The molecular weight excluding hydrogens is 430 g/mol. The summed E-state index contributed by atoms with van der Waals surface area (Å²) in [6.45, 7) is 7.27. The molecule has 3 heterocycles. The number of aromatic nitrogens is 5. The second-order valence-electron chi connectivity index (χ2n) is 8.56. The number of nitrogens with zero attached hydrogens (tertiary/aromatic N) is 6. The monoisotopic (exact) mass is 459 g/mol. The molecule has 1 aliphatic rings. The second-order valence-corrected chi connectivity index (χ2v) is 8.56. The van der Waals surface area contributed by atoms with E-state index in [0.717, 1.165) is 49.2 Å². The molecule has 9 heteroatoms. The molecule has 1 aliphatic heterocycles. The van der Waals surface area contributed by atoms with Crippen LogP contribution >= 0.6 is 0 Å². The number of methoxy groups -OCH3 is 1. The smallest absolute Gasteiger partial charge is 0.253 e. The Morgan fingerprint density at radius 3 is 2.59 bits per heavy atom. The third-order valence-corrected chi connectivity index (χ3v) is 6.58. The lowest BCUT2D eigenvalue weighted by Crippen LogP contribution is -2.49. The highest BCUT2D eigenvalue weighted by molar-refractivity contribution is 5.80. The Labute approximate surface area is 198 Å². The van der Waals surface area contributed by atoms with E-state index in [1.54, 1.807) is 7.11 Å². The molecule has 9 nitrogen and oxygen atoms in total. The number of aromatic amines is 1. The molecule has 2 aromatic heterocycles. The Bertz CT molecular complexity index is 1310. The van der Waals surface area contributed by atoms with Gasteiger partial charge in [-0.2, -0.15) is 0 Å². The van der Waals surface area contributed by atoms with Crippen molar-refractivity contribution in [3.63, 3.8) is 0 Å². The number of H-pyrrole nitrogens is 1. The molecule has 4 aromatic rings. The Morgan fingerprint density at radius 2 is 1.85 bits per heavy atom. The van der Waals surface area contributed by atoms with Crippen LogP contribution in [-0.4, -0.2) is 74.8 Å². The van der Waals surface area contributed by atoms with Crippen molar-refractivity contribution in [2.24, 2.45) is 0 Å². The standard InChI is InChI=1S/C25H29N7O2/c1-3-30-11-13-31(14-12-30)23(24-27-28-29-32(24)17-18-7-5-4-6-8-18)21-15-19-9-10-20(34-2)16-22(19)26-25(21)33/h4-10,15-16,23H,3,11-14,17H2,1-2H3,(H,26,33)/t23-/m1/s1. The summed E-state index contributed by atoms with van der Waals surface area (Å²) in [5.74, 6) is 1.38. The Balaban J connectivity index is 1.58. The minimum atomic E-state index is -0.354. The van der Waals surface area contributed by atoms with Crippen LogP contribution in [0.2, 0.25) is 0 Å². The van der Waals surface area contributed by atoms with Gasteiger partial charge in [0, 0.05) is 37.8 Å². The third-order valence-electron chi connectivity index (χ3n) is 6.58. The van der Waals surface area contributed by atoms with E-state index >= 15 is 0 Å². The number of benzene rings is 2. The molecule has 0 bridgehead atoms. The average molecular weight is 460 g/mol. The van der Waals surface area contributed by atoms with Gasteiger partial charge in [0.2, 0.25) is 0 Å². The van der Waals surface area contributed by atoms with Crippen LogP contribution in [0.3, 0.4) is 0 Å². The van der Waals surface area contributed by atoms with Crippen molar-refractivity contribution >= 4 is 10.9 Å². The number of likely N-dealkylation sites (N-methyl/N-ethyl adjacent to an activating group) is 1. The Hall–Kier alpha value is -3.56. The van der Waals surface area contributed by atoms with Crippen LogP contribution in [0.25, 0.3) is 10.9 Å². The zero-order valence-electron chi connectivity index (χ0n) is 19.5. The van der Waals surface area contributed by atoms with Gasteiger partial charge in [-0.3, -0.25) is 9.69 Å². The van der Waals surface area contributed by atoms with Crippen LogP contribution in [0.1, 0.15) is 29.9 Å². The van der Waals surface area contributed by atoms with E-state index in [1.807, 2.05) is 47.1 Å². The zero-order chi connectivity index (χ0) is 23.5. The molecule has 34 heavy (non-hydrogen) atoms. The summed E-state index contributed by atoms with van der Waals surface area (Å²) in [5, 5.41) is 13.7. The number of pyridine rings is 1. The molecular formula is C25H29N7O2. The third kappa shape index (κ3) is 4.44. The predicted octanol–water partition coefficient (Wildman–Crippen LogP) is 2.30. The van der Waals surface area contributed by atoms with Gasteiger partial charge in [-0.15, -0.1) is 5.10 Å². The number of nitrogens with one attached hydrogen (secondary N) is 1. The van der Waals surface area contributed by atoms with Gasteiger partial charge < -0.3 is 14.6 Å². The summed E-state index contributed by atoms with van der Waals surface area (Å²) >= 11 is 0. The highest BCUT2D eigenvalue weighted by Gasteiger charge is 2.32. The molecule has 0 amide bonds. The summed E-state index contributed by atoms with van der Waals surface area (Å²) in [6.07, 6.45) is 0. The molecule has 176 valence electrons. The van der Waals surface area contributed by atoms with Gasteiger partial charge in [-0.05, 0) is 46.1 Å². The number of ether oxygens (including phenoxy) is 1. The van der Waals surface area contributed by atoms with E-state index in [4.69, 9.17) is 4.74 Å². The van der Waals surface area contributed by atoms with E-state index in [-0.39, 0.29) is 11.6 Å². The summed E-state index contributed by atoms with van der Waals surface area (Å²) in [5.41, 5.74) is 2.35. The minimum Gasteiger partial charge on any atom is -0.497 e.